The van der Waals surface area contributed by atoms with Gasteiger partial charge in [0.1, 0.15) is 27.4 Å². The number of aromatic nitrogens is 3. The smallest absolute Gasteiger partial charge is 0.217 e. The van der Waals surface area contributed by atoms with Crippen molar-refractivity contribution in [3.05, 3.63) is 42.4 Å². The highest BCUT2D eigenvalue weighted by Gasteiger charge is 2.22. The Morgan fingerprint density at radius 2 is 1.97 bits per heavy atom. The Morgan fingerprint density at radius 1 is 1.17 bits per heavy atom. The first-order valence-corrected chi connectivity index (χ1v) is 11.5. The molecule has 0 bridgehead atoms. The zero-order valence-corrected chi connectivity index (χ0v) is 18.5. The van der Waals surface area contributed by atoms with Gasteiger partial charge in [0, 0.05) is 19.7 Å². The van der Waals surface area contributed by atoms with E-state index in [0.717, 1.165) is 11.3 Å². The van der Waals surface area contributed by atoms with E-state index in [9.17, 15) is 8.42 Å². The van der Waals surface area contributed by atoms with E-state index < -0.39 is 9.84 Å². The molecule has 0 saturated carbocycles. The summed E-state index contributed by atoms with van der Waals surface area (Å²) in [5.74, 6) is 2.22. The van der Waals surface area contributed by atoms with E-state index in [1.807, 2.05) is 6.92 Å². The highest BCUT2D eigenvalue weighted by molar-refractivity contribution is 7.93. The molecular weight excluding hydrogens is 426 g/mol. The van der Waals surface area contributed by atoms with Crippen molar-refractivity contribution < 1.29 is 17.9 Å². The second-order valence-corrected chi connectivity index (χ2v) is 9.33. The molecule has 0 spiro atoms. The Labute approximate surface area is 179 Å². The fourth-order valence-corrected chi connectivity index (χ4v) is 5.04. The Balaban J connectivity index is 1.79. The molecule has 3 aromatic rings. The maximum absolute atomic E-state index is 13.0. The van der Waals surface area contributed by atoms with E-state index in [0.29, 0.717) is 48.1 Å². The standard InChI is InChI=1S/C19H23N5O4S2/c1-4-28-14-6-5-7-15(10-14)30(25,26)18-12-21-19(29-18)24-17-11-16(20-8-9-27-3)22-13(2)23-17/h5-7,10-12H,4,8-9H2,1-3H3,(H2,20,21,22,23,24). The zero-order chi connectivity index (χ0) is 21.6. The van der Waals surface area contributed by atoms with Crippen LogP contribution in [0.25, 0.3) is 0 Å². The summed E-state index contributed by atoms with van der Waals surface area (Å²) in [4.78, 5) is 13.0. The van der Waals surface area contributed by atoms with Gasteiger partial charge in [-0.3, -0.25) is 0 Å². The number of benzene rings is 1. The lowest BCUT2D eigenvalue weighted by Gasteiger charge is -2.08. The van der Waals surface area contributed by atoms with Crippen molar-refractivity contribution in [3.8, 4) is 5.75 Å². The number of hydrogen-bond donors (Lipinski definition) is 2. The molecule has 3 rings (SSSR count). The van der Waals surface area contributed by atoms with Gasteiger partial charge < -0.3 is 20.1 Å². The fraction of sp³-hybridized carbons (Fsp3) is 0.316. The number of rotatable bonds is 10. The highest BCUT2D eigenvalue weighted by atomic mass is 32.2. The van der Waals surface area contributed by atoms with Crippen LogP contribution in [0.1, 0.15) is 12.7 Å². The lowest BCUT2D eigenvalue weighted by atomic mass is 10.3. The molecule has 0 unspecified atom stereocenters. The largest absolute Gasteiger partial charge is 0.494 e. The van der Waals surface area contributed by atoms with Crippen molar-refractivity contribution in [2.75, 3.05) is 37.5 Å². The summed E-state index contributed by atoms with van der Waals surface area (Å²) in [5, 5.41) is 6.60. The number of aryl methyl sites for hydroxylation is 1. The van der Waals surface area contributed by atoms with E-state index in [1.54, 1.807) is 32.2 Å². The van der Waals surface area contributed by atoms with Crippen molar-refractivity contribution in [1.29, 1.82) is 0 Å². The fourth-order valence-electron chi connectivity index (χ4n) is 2.57. The molecule has 0 radical (unpaired) electrons. The summed E-state index contributed by atoms with van der Waals surface area (Å²) in [7, 11) is -2.08. The number of ether oxygens (including phenoxy) is 2. The molecule has 0 fully saturated rings. The van der Waals surface area contributed by atoms with E-state index in [-0.39, 0.29) is 9.10 Å². The van der Waals surface area contributed by atoms with Gasteiger partial charge in [0.05, 0.1) is 24.3 Å². The van der Waals surface area contributed by atoms with Gasteiger partial charge >= 0.3 is 0 Å². The van der Waals surface area contributed by atoms with Crippen molar-refractivity contribution in [2.45, 2.75) is 23.0 Å². The summed E-state index contributed by atoms with van der Waals surface area (Å²) in [6.45, 7) is 5.22. The molecule has 2 aromatic heterocycles. The van der Waals surface area contributed by atoms with Crippen molar-refractivity contribution in [3.63, 3.8) is 0 Å². The third-order valence-corrected chi connectivity index (χ3v) is 6.99. The Morgan fingerprint density at radius 3 is 2.73 bits per heavy atom. The van der Waals surface area contributed by atoms with Crippen molar-refractivity contribution in [1.82, 2.24) is 15.0 Å². The molecule has 160 valence electrons. The van der Waals surface area contributed by atoms with Gasteiger partial charge in [-0.1, -0.05) is 17.4 Å². The van der Waals surface area contributed by atoms with Crippen LogP contribution in [-0.2, 0) is 14.6 Å². The SMILES string of the molecule is CCOc1cccc(S(=O)(=O)c2cnc(Nc3cc(NCCOC)nc(C)n3)s2)c1. The lowest BCUT2D eigenvalue weighted by Crippen LogP contribution is -2.10. The van der Waals surface area contributed by atoms with Gasteiger partial charge in [-0.2, -0.15) is 0 Å². The van der Waals surface area contributed by atoms with Gasteiger partial charge in [-0.25, -0.2) is 23.4 Å². The molecule has 0 aliphatic carbocycles. The Kier molecular flexibility index (Phi) is 7.19. The molecule has 0 aliphatic rings. The second kappa shape index (κ2) is 9.83. The molecular formula is C19H23N5O4S2. The van der Waals surface area contributed by atoms with E-state index in [4.69, 9.17) is 9.47 Å². The van der Waals surface area contributed by atoms with E-state index >= 15 is 0 Å². The van der Waals surface area contributed by atoms with Gasteiger partial charge in [-0.05, 0) is 32.0 Å². The first-order valence-electron chi connectivity index (χ1n) is 9.21. The normalized spacial score (nSPS) is 11.3. The highest BCUT2D eigenvalue weighted by Crippen LogP contribution is 2.31. The first kappa shape index (κ1) is 21.9. The van der Waals surface area contributed by atoms with Crippen LogP contribution in [0.5, 0.6) is 5.75 Å². The first-order chi connectivity index (χ1) is 14.4. The topological polar surface area (TPSA) is 115 Å². The quantitative estimate of drug-likeness (QED) is 0.450. The van der Waals surface area contributed by atoms with Crippen LogP contribution in [0.3, 0.4) is 0 Å². The van der Waals surface area contributed by atoms with Gasteiger partial charge in [0.15, 0.2) is 5.13 Å². The maximum atomic E-state index is 13.0. The van der Waals surface area contributed by atoms with Crippen LogP contribution in [0.15, 0.2) is 45.6 Å². The third-order valence-electron chi connectivity index (χ3n) is 3.86. The predicted molar refractivity (Wildman–Crippen MR) is 116 cm³/mol. The average Bonchev–Trinajstić information content (AvgIpc) is 3.18. The zero-order valence-electron chi connectivity index (χ0n) is 16.9. The molecule has 0 amide bonds. The molecule has 9 nitrogen and oxygen atoms in total. The Bertz CT molecular complexity index is 1100. The number of nitrogens with one attached hydrogen (secondary N) is 2. The summed E-state index contributed by atoms with van der Waals surface area (Å²) in [5.41, 5.74) is 0. The molecule has 2 N–H and O–H groups in total. The number of sulfone groups is 1. The van der Waals surface area contributed by atoms with Gasteiger partial charge in [-0.15, -0.1) is 0 Å². The third kappa shape index (κ3) is 5.43. The van der Waals surface area contributed by atoms with Gasteiger partial charge in [0.25, 0.3) is 0 Å². The minimum atomic E-state index is -3.71. The summed E-state index contributed by atoms with van der Waals surface area (Å²) >= 11 is 1.03. The Hall–Kier alpha value is -2.76. The molecule has 30 heavy (non-hydrogen) atoms. The number of thiazole rings is 1. The molecule has 1 aromatic carbocycles. The molecule has 0 aliphatic heterocycles. The summed E-state index contributed by atoms with van der Waals surface area (Å²) < 4.78 is 36.4. The second-order valence-electron chi connectivity index (χ2n) is 6.13. The maximum Gasteiger partial charge on any atom is 0.217 e. The minimum Gasteiger partial charge on any atom is -0.494 e. The van der Waals surface area contributed by atoms with Crippen LogP contribution in [0.2, 0.25) is 0 Å². The van der Waals surface area contributed by atoms with Crippen LogP contribution in [-0.4, -0.2) is 50.2 Å². The number of nitrogens with zero attached hydrogens (tertiary/aromatic N) is 3. The van der Waals surface area contributed by atoms with Crippen molar-refractivity contribution >= 4 is 37.9 Å². The molecule has 0 atom stereocenters. The molecule has 2 heterocycles. The van der Waals surface area contributed by atoms with E-state index in [2.05, 4.69) is 25.6 Å². The number of hydrogen-bond acceptors (Lipinski definition) is 10. The summed E-state index contributed by atoms with van der Waals surface area (Å²) in [6.07, 6.45) is 1.33. The van der Waals surface area contributed by atoms with E-state index in [1.165, 1.54) is 18.3 Å². The molecule has 0 saturated heterocycles. The van der Waals surface area contributed by atoms with Crippen molar-refractivity contribution in [2.24, 2.45) is 0 Å². The number of methoxy groups -OCH3 is 1. The summed E-state index contributed by atoms with van der Waals surface area (Å²) in [6, 6.07) is 8.15. The van der Waals surface area contributed by atoms with Crippen LogP contribution >= 0.6 is 11.3 Å². The van der Waals surface area contributed by atoms with Gasteiger partial charge in [0.2, 0.25) is 9.84 Å². The number of anilines is 3. The average molecular weight is 450 g/mol. The lowest BCUT2D eigenvalue weighted by molar-refractivity contribution is 0.210. The van der Waals surface area contributed by atoms with Crippen LogP contribution in [0, 0.1) is 6.92 Å². The van der Waals surface area contributed by atoms with Crippen LogP contribution < -0.4 is 15.4 Å². The van der Waals surface area contributed by atoms with Crippen LogP contribution in [0.4, 0.5) is 16.8 Å². The molecule has 11 heteroatoms. The minimum absolute atomic E-state index is 0.128. The predicted octanol–water partition coefficient (Wildman–Crippen LogP) is 3.27. The monoisotopic (exact) mass is 449 g/mol.